The highest BCUT2D eigenvalue weighted by atomic mass is 16.5. The largest absolute Gasteiger partial charge is 0.493 e. The number of benzene rings is 1. The summed E-state index contributed by atoms with van der Waals surface area (Å²) < 4.78 is 12.6. The summed E-state index contributed by atoms with van der Waals surface area (Å²) in [6.45, 7) is 4.44. The summed E-state index contributed by atoms with van der Waals surface area (Å²) >= 11 is 0. The van der Waals surface area contributed by atoms with E-state index in [1.165, 1.54) is 0 Å². The van der Waals surface area contributed by atoms with E-state index in [2.05, 4.69) is 10.3 Å². The first-order valence-corrected chi connectivity index (χ1v) is 8.95. The Hall–Kier alpha value is -3.02. The van der Waals surface area contributed by atoms with Crippen LogP contribution < -0.4 is 14.8 Å². The lowest BCUT2D eigenvalue weighted by atomic mass is 9.87. The molecule has 0 radical (unpaired) electrons. The van der Waals surface area contributed by atoms with Crippen LogP contribution in [0.1, 0.15) is 31.2 Å². The van der Waals surface area contributed by atoms with Crippen LogP contribution in [0.5, 0.6) is 11.5 Å². The highest BCUT2D eigenvalue weighted by molar-refractivity contribution is 5.84. The number of nitrogens with zero attached hydrogens (tertiary/aromatic N) is 2. The first kappa shape index (κ1) is 18.8. The Labute approximate surface area is 159 Å². The van der Waals surface area contributed by atoms with Gasteiger partial charge in [-0.2, -0.15) is 0 Å². The molecule has 1 N–H and O–H groups in total. The van der Waals surface area contributed by atoms with E-state index in [9.17, 15) is 4.79 Å². The molecule has 0 aliphatic carbocycles. The number of aromatic nitrogens is 2. The summed E-state index contributed by atoms with van der Waals surface area (Å²) in [5, 5.41) is 3.03. The van der Waals surface area contributed by atoms with Crippen molar-refractivity contribution in [2.24, 2.45) is 5.92 Å². The van der Waals surface area contributed by atoms with E-state index in [0.717, 1.165) is 16.9 Å². The molecule has 1 unspecified atom stereocenters. The zero-order valence-electron chi connectivity index (χ0n) is 16.1. The molecule has 0 aliphatic rings. The number of hydrogen-bond acceptors (Lipinski definition) is 4. The van der Waals surface area contributed by atoms with E-state index in [0.29, 0.717) is 18.0 Å². The molecule has 2 heterocycles. The highest BCUT2D eigenvalue weighted by Crippen LogP contribution is 2.33. The molecule has 0 saturated heterocycles. The van der Waals surface area contributed by atoms with Crippen LogP contribution in [0.15, 0.2) is 48.8 Å². The van der Waals surface area contributed by atoms with E-state index in [4.69, 9.17) is 9.47 Å². The predicted molar refractivity (Wildman–Crippen MR) is 104 cm³/mol. The van der Waals surface area contributed by atoms with Crippen molar-refractivity contribution in [2.75, 3.05) is 14.2 Å². The lowest BCUT2D eigenvalue weighted by Gasteiger charge is -2.22. The summed E-state index contributed by atoms with van der Waals surface area (Å²) in [6, 6.07) is 11.5. The molecule has 142 valence electrons. The summed E-state index contributed by atoms with van der Waals surface area (Å²) in [6.07, 6.45) is 3.74. The third kappa shape index (κ3) is 3.89. The number of carbonyl (C=O) groups is 1. The first-order valence-electron chi connectivity index (χ1n) is 8.95. The van der Waals surface area contributed by atoms with Gasteiger partial charge in [0.2, 0.25) is 5.91 Å². The molecule has 1 atom stereocenters. The predicted octanol–water partition coefficient (Wildman–Crippen LogP) is 3.41. The SMILES string of the molecule is COc1ccc(C(C(=O)NCc2ncc3ccccn23)C(C)C)cc1OC. The number of ether oxygens (including phenoxy) is 2. The number of imidazole rings is 1. The Morgan fingerprint density at radius 1 is 1.15 bits per heavy atom. The van der Waals surface area contributed by atoms with Gasteiger partial charge in [-0.15, -0.1) is 0 Å². The van der Waals surface area contributed by atoms with Gasteiger partial charge in [-0.25, -0.2) is 4.98 Å². The molecule has 0 fully saturated rings. The minimum atomic E-state index is -0.295. The number of carbonyl (C=O) groups excluding carboxylic acids is 1. The molecule has 1 aromatic carbocycles. The van der Waals surface area contributed by atoms with Crippen LogP contribution in [-0.2, 0) is 11.3 Å². The standard InChI is InChI=1S/C21H25N3O3/c1-14(2)20(15-8-9-17(26-3)18(11-15)27-4)21(25)23-13-19-22-12-16-7-5-6-10-24(16)19/h5-12,14,20H,13H2,1-4H3,(H,23,25). The zero-order chi connectivity index (χ0) is 19.4. The second-order valence-corrected chi connectivity index (χ2v) is 6.72. The fraction of sp³-hybridized carbons (Fsp3) is 0.333. The van der Waals surface area contributed by atoms with Crippen molar-refractivity contribution < 1.29 is 14.3 Å². The topological polar surface area (TPSA) is 64.9 Å². The molecule has 2 aromatic heterocycles. The van der Waals surface area contributed by atoms with Crippen molar-refractivity contribution in [1.82, 2.24) is 14.7 Å². The van der Waals surface area contributed by atoms with Crippen LogP contribution in [0, 0.1) is 5.92 Å². The van der Waals surface area contributed by atoms with Gasteiger partial charge < -0.3 is 19.2 Å². The van der Waals surface area contributed by atoms with E-state index in [-0.39, 0.29) is 17.7 Å². The van der Waals surface area contributed by atoms with Gasteiger partial charge in [0.1, 0.15) is 5.82 Å². The molecule has 0 saturated carbocycles. The van der Waals surface area contributed by atoms with Gasteiger partial charge in [0.05, 0.1) is 38.4 Å². The molecule has 27 heavy (non-hydrogen) atoms. The summed E-state index contributed by atoms with van der Waals surface area (Å²) in [7, 11) is 3.19. The molecule has 0 spiro atoms. The maximum atomic E-state index is 13.0. The Morgan fingerprint density at radius 3 is 2.63 bits per heavy atom. The lowest BCUT2D eigenvalue weighted by Crippen LogP contribution is -2.32. The summed E-state index contributed by atoms with van der Waals surface area (Å²) in [5.74, 6) is 1.86. The number of fused-ring (bicyclic) bond motifs is 1. The van der Waals surface area contributed by atoms with E-state index in [1.54, 1.807) is 20.4 Å². The van der Waals surface area contributed by atoms with Crippen molar-refractivity contribution in [3.05, 3.63) is 60.2 Å². The fourth-order valence-corrected chi connectivity index (χ4v) is 3.29. The average molecular weight is 367 g/mol. The van der Waals surface area contributed by atoms with E-state index >= 15 is 0 Å². The maximum absolute atomic E-state index is 13.0. The van der Waals surface area contributed by atoms with Crippen molar-refractivity contribution in [1.29, 1.82) is 0 Å². The van der Waals surface area contributed by atoms with Gasteiger partial charge in [-0.1, -0.05) is 26.0 Å². The average Bonchev–Trinajstić information content (AvgIpc) is 3.09. The van der Waals surface area contributed by atoms with E-state index in [1.807, 2.05) is 60.8 Å². The molecule has 3 aromatic rings. The smallest absolute Gasteiger partial charge is 0.228 e. The van der Waals surface area contributed by atoms with Crippen molar-refractivity contribution in [3.63, 3.8) is 0 Å². The minimum Gasteiger partial charge on any atom is -0.493 e. The van der Waals surface area contributed by atoms with Crippen LogP contribution in [-0.4, -0.2) is 29.5 Å². The zero-order valence-corrected chi connectivity index (χ0v) is 16.1. The summed E-state index contributed by atoms with van der Waals surface area (Å²) in [5.41, 5.74) is 1.90. The molecule has 1 amide bonds. The lowest BCUT2D eigenvalue weighted by molar-refractivity contribution is -0.123. The number of amides is 1. The minimum absolute atomic E-state index is 0.0371. The van der Waals surface area contributed by atoms with Crippen LogP contribution in [0.25, 0.3) is 5.52 Å². The van der Waals surface area contributed by atoms with Crippen LogP contribution in [0.2, 0.25) is 0 Å². The summed E-state index contributed by atoms with van der Waals surface area (Å²) in [4.78, 5) is 17.4. The number of methoxy groups -OCH3 is 2. The highest BCUT2D eigenvalue weighted by Gasteiger charge is 2.25. The normalized spacial score (nSPS) is 12.2. The van der Waals surface area contributed by atoms with Crippen molar-refractivity contribution in [2.45, 2.75) is 26.3 Å². The maximum Gasteiger partial charge on any atom is 0.228 e. The van der Waals surface area contributed by atoms with Gasteiger partial charge in [-0.05, 0) is 35.7 Å². The van der Waals surface area contributed by atoms with Crippen molar-refractivity contribution in [3.8, 4) is 11.5 Å². The van der Waals surface area contributed by atoms with E-state index < -0.39 is 0 Å². The van der Waals surface area contributed by atoms with Crippen LogP contribution >= 0.6 is 0 Å². The molecule has 3 rings (SSSR count). The number of pyridine rings is 1. The molecule has 0 aliphatic heterocycles. The number of rotatable bonds is 7. The van der Waals surface area contributed by atoms with Gasteiger partial charge in [0.15, 0.2) is 11.5 Å². The van der Waals surface area contributed by atoms with Crippen LogP contribution in [0.3, 0.4) is 0 Å². The molecular formula is C21H25N3O3. The third-order valence-corrected chi connectivity index (χ3v) is 4.65. The second kappa shape index (κ2) is 8.12. The van der Waals surface area contributed by atoms with Crippen molar-refractivity contribution >= 4 is 11.4 Å². The van der Waals surface area contributed by atoms with Gasteiger partial charge in [0, 0.05) is 6.20 Å². The quantitative estimate of drug-likeness (QED) is 0.695. The molecule has 6 nitrogen and oxygen atoms in total. The molecule has 0 bridgehead atoms. The Balaban J connectivity index is 1.79. The van der Waals surface area contributed by atoms with Gasteiger partial charge in [-0.3, -0.25) is 4.79 Å². The third-order valence-electron chi connectivity index (χ3n) is 4.65. The Morgan fingerprint density at radius 2 is 1.93 bits per heavy atom. The first-order chi connectivity index (χ1) is 13.0. The van der Waals surface area contributed by atoms with Gasteiger partial charge >= 0.3 is 0 Å². The molecular weight excluding hydrogens is 342 g/mol. The van der Waals surface area contributed by atoms with Gasteiger partial charge in [0.25, 0.3) is 0 Å². The number of nitrogens with one attached hydrogen (secondary N) is 1. The monoisotopic (exact) mass is 367 g/mol. The van der Waals surface area contributed by atoms with Crippen LogP contribution in [0.4, 0.5) is 0 Å². The number of hydrogen-bond donors (Lipinski definition) is 1. The Kier molecular flexibility index (Phi) is 5.64. The molecule has 6 heteroatoms. The fourth-order valence-electron chi connectivity index (χ4n) is 3.29. The Bertz CT molecular complexity index is 933. The second-order valence-electron chi connectivity index (χ2n) is 6.72.